The summed E-state index contributed by atoms with van der Waals surface area (Å²) in [6.45, 7) is 8.64. The standard InChI is InChI=1S/2C7H4N2O6.C6H12N2.H2O/c2*10-7(11)4-1-5(8(12)13)3-6(2-4)9(14)15;1-2-8-5-3-7(1)4-6-8;/h2*1-3H,(H,10,11);1-6H2;1H2. The Bertz CT molecular complexity index is 1010. The summed E-state index contributed by atoms with van der Waals surface area (Å²) in [5.74, 6) is -3.41. The van der Waals surface area contributed by atoms with Gasteiger partial charge in [-0.3, -0.25) is 40.5 Å². The number of benzene rings is 2. The fourth-order valence-corrected chi connectivity index (χ4v) is 3.66. The fraction of sp³-hybridized carbons (Fsp3) is 0.300. The number of carboxylic acids is 2. The molecule has 0 amide bonds. The van der Waals surface area contributed by atoms with Gasteiger partial charge in [-0.25, -0.2) is 0 Å². The van der Waals surface area contributed by atoms with E-state index in [1.165, 1.54) is 39.3 Å². The summed E-state index contributed by atoms with van der Waals surface area (Å²) in [5, 5.41) is 62.1. The predicted molar refractivity (Wildman–Crippen MR) is 123 cm³/mol. The molecule has 39 heavy (non-hydrogen) atoms. The van der Waals surface area contributed by atoms with Crippen LogP contribution in [0, 0.1) is 40.5 Å². The Labute approximate surface area is 217 Å². The molecule has 3 heterocycles. The van der Waals surface area contributed by atoms with Gasteiger partial charge in [-0.1, -0.05) is 0 Å². The molecule has 0 aliphatic carbocycles. The lowest BCUT2D eigenvalue weighted by molar-refractivity contribution is -1.06. The maximum absolute atomic E-state index is 10.4. The van der Waals surface area contributed by atoms with Crippen LogP contribution in [0.1, 0.15) is 20.7 Å². The first-order chi connectivity index (χ1) is 17.8. The smallest absolute Gasteiger partial charge is 0.276 e. The Hall–Kier alpha value is -5.14. The first kappa shape index (κ1) is 31.9. The Morgan fingerprint density at radius 3 is 0.846 bits per heavy atom. The topological polar surface area (TPSA) is 293 Å². The second kappa shape index (κ2) is 14.0. The molecule has 0 spiro atoms. The summed E-state index contributed by atoms with van der Waals surface area (Å²) in [4.78, 5) is 62.1. The van der Waals surface area contributed by atoms with E-state index in [1.807, 2.05) is 9.80 Å². The van der Waals surface area contributed by atoms with Gasteiger partial charge in [0, 0.05) is 35.4 Å². The summed E-state index contributed by atoms with van der Waals surface area (Å²) in [5.41, 5.74) is -3.86. The maximum atomic E-state index is 10.4. The highest BCUT2D eigenvalue weighted by molar-refractivity contribution is 5.88. The van der Waals surface area contributed by atoms with E-state index in [0.717, 1.165) is 0 Å². The lowest BCUT2D eigenvalue weighted by atomic mass is 10.2. The zero-order valence-corrected chi connectivity index (χ0v) is 19.9. The molecule has 0 saturated carbocycles. The lowest BCUT2D eigenvalue weighted by Crippen LogP contribution is -3.35. The number of hydrogen-bond donors (Lipinski definition) is 2. The lowest BCUT2D eigenvalue weighted by Gasteiger charge is -2.35. The number of non-ortho nitro benzene ring substituents is 4. The van der Waals surface area contributed by atoms with E-state index in [-0.39, 0.29) is 5.48 Å². The van der Waals surface area contributed by atoms with Crippen LogP contribution in [-0.4, -0.2) is 76.4 Å². The van der Waals surface area contributed by atoms with Crippen molar-refractivity contribution < 1.29 is 54.8 Å². The number of carbonyl (C=O) groups is 2. The van der Waals surface area contributed by atoms with Crippen LogP contribution in [0.25, 0.3) is 0 Å². The summed E-state index contributed by atoms with van der Waals surface area (Å²) >= 11 is 0. The van der Waals surface area contributed by atoms with Crippen LogP contribution < -0.4 is 20.0 Å². The molecule has 2 aromatic carbocycles. The molecule has 4 N–H and O–H groups in total. The summed E-state index contributed by atoms with van der Waals surface area (Å²) in [6, 6.07) is 4.13. The van der Waals surface area contributed by atoms with Crippen LogP contribution in [0.2, 0.25) is 0 Å². The molecule has 3 aliphatic heterocycles. The number of quaternary nitrogens is 2. The largest absolute Gasteiger partial charge is 0.545 e. The van der Waals surface area contributed by atoms with E-state index in [0.29, 0.717) is 36.4 Å². The van der Waals surface area contributed by atoms with Gasteiger partial charge in [-0.05, 0) is 0 Å². The van der Waals surface area contributed by atoms with Crippen molar-refractivity contribution in [3.8, 4) is 0 Å². The van der Waals surface area contributed by atoms with E-state index < -0.39 is 65.5 Å². The highest BCUT2D eigenvalue weighted by atomic mass is 16.6. The second-order valence-corrected chi connectivity index (χ2v) is 8.08. The normalized spacial score (nSPS) is 16.6. The highest BCUT2D eigenvalue weighted by Gasteiger charge is 2.29. The number of nitrogens with zero attached hydrogens (tertiary/aromatic N) is 4. The molecule has 19 nitrogen and oxygen atoms in total. The van der Waals surface area contributed by atoms with Gasteiger partial charge in [0.25, 0.3) is 22.7 Å². The van der Waals surface area contributed by atoms with Crippen molar-refractivity contribution in [1.29, 1.82) is 0 Å². The van der Waals surface area contributed by atoms with Gasteiger partial charge in [-0.15, -0.1) is 0 Å². The SMILES string of the molecule is C1C[NH+]2CC[NH+]1CC2.O.O=C([O-])c1cc([N+](=O)[O-])cc([N+](=O)[O-])c1.O=C([O-])c1cc([N+](=O)[O-])cc([N+](=O)[O-])c1. The van der Waals surface area contributed by atoms with Crippen molar-refractivity contribution in [3.05, 3.63) is 88.0 Å². The average molecular weight is 554 g/mol. The van der Waals surface area contributed by atoms with Gasteiger partial charge >= 0.3 is 0 Å². The molecule has 5 rings (SSSR count). The first-order valence-electron chi connectivity index (χ1n) is 10.8. The van der Waals surface area contributed by atoms with Crippen molar-refractivity contribution in [2.24, 2.45) is 0 Å². The first-order valence-corrected chi connectivity index (χ1v) is 10.8. The van der Waals surface area contributed by atoms with Crippen molar-refractivity contribution in [3.63, 3.8) is 0 Å². The van der Waals surface area contributed by atoms with E-state index in [9.17, 15) is 60.3 Å². The van der Waals surface area contributed by atoms with Gasteiger partial charge in [-0.2, -0.15) is 0 Å². The molecule has 210 valence electrons. The molecule has 3 aliphatic rings. The monoisotopic (exact) mass is 554 g/mol. The zero-order chi connectivity index (χ0) is 28.6. The predicted octanol–water partition coefficient (Wildman–Crippen LogP) is -4.31. The quantitative estimate of drug-likeness (QED) is 0.253. The van der Waals surface area contributed by atoms with Gasteiger partial charge in [0.15, 0.2) is 0 Å². The third-order valence-electron chi connectivity index (χ3n) is 5.62. The molecule has 2 aromatic rings. The molecule has 0 aromatic heterocycles. The zero-order valence-electron chi connectivity index (χ0n) is 19.9. The molecular formula is C20H22N6O13. The molecule has 0 unspecified atom stereocenters. The number of carboxylic acid groups (broad SMARTS) is 2. The van der Waals surface area contributed by atoms with Gasteiger partial charge < -0.3 is 35.1 Å². The number of nitro groups is 4. The van der Waals surface area contributed by atoms with Gasteiger partial charge in [0.05, 0.1) is 43.8 Å². The number of fused-ring (bicyclic) bond motifs is 3. The number of nitro benzene ring substituents is 4. The van der Waals surface area contributed by atoms with E-state index in [4.69, 9.17) is 0 Å². The molecule has 3 fully saturated rings. The van der Waals surface area contributed by atoms with Crippen LogP contribution >= 0.6 is 0 Å². The number of hydrogen-bond acceptors (Lipinski definition) is 12. The molecule has 0 radical (unpaired) electrons. The summed E-state index contributed by atoms with van der Waals surface area (Å²) in [6.07, 6.45) is 0. The van der Waals surface area contributed by atoms with Gasteiger partial charge in [0.1, 0.15) is 39.3 Å². The molecule has 19 heteroatoms. The fourth-order valence-electron chi connectivity index (χ4n) is 3.66. The van der Waals surface area contributed by atoms with E-state index >= 15 is 0 Å². The van der Waals surface area contributed by atoms with Crippen LogP contribution in [0.3, 0.4) is 0 Å². The number of carbonyl (C=O) groups excluding carboxylic acids is 2. The van der Waals surface area contributed by atoms with Crippen LogP contribution in [0.5, 0.6) is 0 Å². The Morgan fingerprint density at radius 2 is 0.718 bits per heavy atom. The maximum Gasteiger partial charge on any atom is 0.276 e. The summed E-state index contributed by atoms with van der Waals surface area (Å²) < 4.78 is 0. The summed E-state index contributed by atoms with van der Waals surface area (Å²) in [7, 11) is 0. The van der Waals surface area contributed by atoms with Crippen LogP contribution in [0.4, 0.5) is 22.7 Å². The van der Waals surface area contributed by atoms with Crippen molar-refractivity contribution >= 4 is 34.7 Å². The number of nitrogens with one attached hydrogen (secondary N) is 2. The Balaban J connectivity index is 0.000000300. The number of aromatic carboxylic acids is 2. The van der Waals surface area contributed by atoms with Crippen molar-refractivity contribution in [2.75, 3.05) is 39.3 Å². The Morgan fingerprint density at radius 1 is 0.513 bits per heavy atom. The molecule has 2 bridgehead atoms. The molecule has 0 atom stereocenters. The average Bonchev–Trinajstić information content (AvgIpc) is 2.89. The number of rotatable bonds is 6. The molecular weight excluding hydrogens is 532 g/mol. The second-order valence-electron chi connectivity index (χ2n) is 8.08. The highest BCUT2D eigenvalue weighted by Crippen LogP contribution is 2.23. The third-order valence-corrected chi connectivity index (χ3v) is 5.62. The Kier molecular flexibility index (Phi) is 11.4. The van der Waals surface area contributed by atoms with Gasteiger partial charge in [0.2, 0.25) is 0 Å². The van der Waals surface area contributed by atoms with E-state index in [2.05, 4.69) is 0 Å². The van der Waals surface area contributed by atoms with Crippen LogP contribution in [-0.2, 0) is 0 Å². The minimum absolute atomic E-state index is 0. The number of piperazine rings is 3. The minimum atomic E-state index is -1.71. The van der Waals surface area contributed by atoms with E-state index in [1.54, 1.807) is 0 Å². The van der Waals surface area contributed by atoms with Crippen LogP contribution in [0.15, 0.2) is 36.4 Å². The third kappa shape index (κ3) is 9.35. The van der Waals surface area contributed by atoms with Crippen molar-refractivity contribution in [1.82, 2.24) is 0 Å². The minimum Gasteiger partial charge on any atom is -0.545 e. The molecule has 3 saturated heterocycles. The van der Waals surface area contributed by atoms with Crippen molar-refractivity contribution in [2.45, 2.75) is 0 Å².